The molecular weight excluding hydrogens is 276 g/mol. The quantitative estimate of drug-likeness (QED) is 0.293. The third-order valence-corrected chi connectivity index (χ3v) is 4.02. The van der Waals surface area contributed by atoms with Crippen LogP contribution in [-0.4, -0.2) is 22.3 Å². The molecule has 0 aliphatic rings. The van der Waals surface area contributed by atoms with E-state index in [0.29, 0.717) is 6.42 Å². The normalized spacial score (nSPS) is 12.8. The highest BCUT2D eigenvalue weighted by Gasteiger charge is 2.11. The Bertz CT molecular complexity index is 274. The summed E-state index contributed by atoms with van der Waals surface area (Å²) in [5, 5.41) is 17.7. The van der Waals surface area contributed by atoms with E-state index in [1.54, 1.807) is 0 Å². The van der Waals surface area contributed by atoms with Gasteiger partial charge in [0.05, 0.1) is 0 Å². The third-order valence-electron chi connectivity index (χ3n) is 4.02. The van der Waals surface area contributed by atoms with Crippen molar-refractivity contribution in [3.8, 4) is 0 Å². The Morgan fingerprint density at radius 2 is 1.27 bits per heavy atom. The van der Waals surface area contributed by atoms with Gasteiger partial charge in [-0.1, -0.05) is 76.9 Å². The minimum Gasteiger partial charge on any atom is -0.479 e. The van der Waals surface area contributed by atoms with E-state index in [0.717, 1.165) is 25.7 Å². The Labute approximate surface area is 136 Å². The average Bonchev–Trinajstić information content (AvgIpc) is 2.50. The molecule has 0 heterocycles. The maximum absolute atomic E-state index is 10.4. The van der Waals surface area contributed by atoms with Gasteiger partial charge in [-0.15, -0.1) is 0 Å². The van der Waals surface area contributed by atoms with Gasteiger partial charge >= 0.3 is 5.97 Å². The first kappa shape index (κ1) is 21.2. The average molecular weight is 312 g/mol. The fourth-order valence-electron chi connectivity index (χ4n) is 2.53. The molecule has 0 radical (unpaired) electrons. The molecule has 0 saturated carbocycles. The number of hydrogen-bond acceptors (Lipinski definition) is 2. The summed E-state index contributed by atoms with van der Waals surface area (Å²) in [6, 6.07) is 0. The molecule has 0 aliphatic heterocycles. The Morgan fingerprint density at radius 3 is 1.77 bits per heavy atom. The van der Waals surface area contributed by atoms with E-state index >= 15 is 0 Å². The van der Waals surface area contributed by atoms with Gasteiger partial charge in [0, 0.05) is 0 Å². The number of hydrogen-bond donors (Lipinski definition) is 2. The lowest BCUT2D eigenvalue weighted by Crippen LogP contribution is -2.18. The van der Waals surface area contributed by atoms with E-state index < -0.39 is 12.1 Å². The number of aliphatic hydroxyl groups is 1. The molecule has 2 N–H and O–H groups in total. The largest absolute Gasteiger partial charge is 0.479 e. The number of unbranched alkanes of at least 4 members (excludes halogenated alkanes) is 11. The Balaban J connectivity index is 3.16. The molecule has 0 fully saturated rings. The monoisotopic (exact) mass is 312 g/mol. The van der Waals surface area contributed by atoms with Crippen molar-refractivity contribution < 1.29 is 15.0 Å². The summed E-state index contributed by atoms with van der Waals surface area (Å²) < 4.78 is 0. The van der Waals surface area contributed by atoms with Crippen LogP contribution in [0.2, 0.25) is 0 Å². The zero-order valence-electron chi connectivity index (χ0n) is 14.4. The number of aliphatic carboxylic acids is 1. The number of carboxylic acids is 1. The van der Waals surface area contributed by atoms with Crippen LogP contribution in [0.25, 0.3) is 0 Å². The van der Waals surface area contributed by atoms with Crippen LogP contribution in [-0.2, 0) is 4.79 Å². The summed E-state index contributed by atoms with van der Waals surface area (Å²) in [6.45, 7) is 2.25. The molecule has 0 aromatic heterocycles. The molecule has 0 aliphatic carbocycles. The number of aliphatic hydroxyl groups excluding tert-OH is 1. The van der Waals surface area contributed by atoms with Crippen LogP contribution in [0.5, 0.6) is 0 Å². The second-order valence-corrected chi connectivity index (χ2v) is 6.23. The van der Waals surface area contributed by atoms with Crippen LogP contribution in [0.4, 0.5) is 0 Å². The second kappa shape index (κ2) is 16.5. The predicted octanol–water partition coefficient (Wildman–Crippen LogP) is 5.47. The smallest absolute Gasteiger partial charge is 0.332 e. The lowest BCUT2D eigenvalue weighted by molar-refractivity contribution is -0.146. The maximum atomic E-state index is 10.4. The van der Waals surface area contributed by atoms with Crippen molar-refractivity contribution in [2.45, 2.75) is 103 Å². The topological polar surface area (TPSA) is 57.5 Å². The minimum absolute atomic E-state index is 0.382. The highest BCUT2D eigenvalue weighted by atomic mass is 16.4. The number of carboxylic acid groups (broad SMARTS) is 1. The molecular formula is C19H36O3. The zero-order valence-corrected chi connectivity index (χ0v) is 14.4. The Hall–Kier alpha value is -0.830. The summed E-state index contributed by atoms with van der Waals surface area (Å²) in [6.07, 6.45) is 19.8. The fraction of sp³-hybridized carbons (Fsp3) is 0.842. The predicted molar refractivity (Wildman–Crippen MR) is 93.1 cm³/mol. The van der Waals surface area contributed by atoms with Crippen LogP contribution in [0, 0.1) is 0 Å². The van der Waals surface area contributed by atoms with Gasteiger partial charge in [-0.05, 0) is 32.1 Å². The van der Waals surface area contributed by atoms with E-state index in [-0.39, 0.29) is 0 Å². The van der Waals surface area contributed by atoms with Crippen molar-refractivity contribution in [3.05, 3.63) is 12.2 Å². The first-order valence-electron chi connectivity index (χ1n) is 9.24. The summed E-state index contributed by atoms with van der Waals surface area (Å²) in [5.74, 6) is -1.10. The van der Waals surface area contributed by atoms with Crippen LogP contribution < -0.4 is 0 Å². The van der Waals surface area contributed by atoms with Crippen molar-refractivity contribution in [3.63, 3.8) is 0 Å². The van der Waals surface area contributed by atoms with Crippen molar-refractivity contribution in [1.29, 1.82) is 0 Å². The van der Waals surface area contributed by atoms with Gasteiger partial charge in [-0.3, -0.25) is 0 Å². The maximum Gasteiger partial charge on any atom is 0.332 e. The summed E-state index contributed by atoms with van der Waals surface area (Å²) in [4.78, 5) is 10.4. The molecule has 130 valence electrons. The molecule has 0 amide bonds. The molecule has 0 bridgehead atoms. The first-order chi connectivity index (χ1) is 10.7. The molecule has 0 aromatic rings. The van der Waals surface area contributed by atoms with Gasteiger partial charge < -0.3 is 10.2 Å². The van der Waals surface area contributed by atoms with Crippen molar-refractivity contribution in [2.24, 2.45) is 0 Å². The first-order valence-corrected chi connectivity index (χ1v) is 9.24. The Morgan fingerprint density at radius 1 is 0.818 bits per heavy atom. The molecule has 3 heteroatoms. The van der Waals surface area contributed by atoms with Gasteiger partial charge in [0.2, 0.25) is 0 Å². The number of allylic oxidation sites excluding steroid dienone is 2. The van der Waals surface area contributed by atoms with Gasteiger partial charge in [0.25, 0.3) is 0 Å². The minimum atomic E-state index is -1.18. The zero-order chi connectivity index (χ0) is 16.5. The molecule has 1 unspecified atom stereocenters. The van der Waals surface area contributed by atoms with E-state index in [1.165, 1.54) is 57.8 Å². The highest BCUT2D eigenvalue weighted by molar-refractivity contribution is 5.71. The van der Waals surface area contributed by atoms with Crippen molar-refractivity contribution >= 4 is 5.97 Å². The van der Waals surface area contributed by atoms with Crippen LogP contribution in [0.3, 0.4) is 0 Å². The second-order valence-electron chi connectivity index (χ2n) is 6.23. The van der Waals surface area contributed by atoms with E-state index in [4.69, 9.17) is 10.2 Å². The van der Waals surface area contributed by atoms with Gasteiger partial charge in [-0.25, -0.2) is 4.79 Å². The molecule has 3 nitrogen and oxygen atoms in total. The van der Waals surface area contributed by atoms with Crippen molar-refractivity contribution in [2.75, 3.05) is 0 Å². The summed E-state index contributed by atoms with van der Waals surface area (Å²) in [5.41, 5.74) is 0. The van der Waals surface area contributed by atoms with Gasteiger partial charge in [0.15, 0.2) is 6.10 Å². The molecule has 0 aromatic carbocycles. The number of rotatable bonds is 16. The highest BCUT2D eigenvalue weighted by Crippen LogP contribution is 2.10. The van der Waals surface area contributed by atoms with Gasteiger partial charge in [-0.2, -0.15) is 0 Å². The van der Waals surface area contributed by atoms with Crippen LogP contribution >= 0.6 is 0 Å². The standard InChI is InChI=1S/C19H36O3/c1-2-3-4-5-6-7-8-9-10-11-12-13-14-15-16-17-18(20)19(21)22/h9-10,18,20H,2-8,11-17H2,1H3,(H,21,22). The molecule has 1 atom stereocenters. The summed E-state index contributed by atoms with van der Waals surface area (Å²) >= 11 is 0. The van der Waals surface area contributed by atoms with E-state index in [9.17, 15) is 4.79 Å². The van der Waals surface area contributed by atoms with E-state index in [2.05, 4.69) is 19.1 Å². The fourth-order valence-corrected chi connectivity index (χ4v) is 2.53. The summed E-state index contributed by atoms with van der Waals surface area (Å²) in [7, 11) is 0. The SMILES string of the molecule is CCCCCCCCC=CCCCCCCCC(O)C(=O)O. The number of carbonyl (C=O) groups is 1. The van der Waals surface area contributed by atoms with Gasteiger partial charge in [0.1, 0.15) is 0 Å². The Kier molecular flexibility index (Phi) is 15.9. The third kappa shape index (κ3) is 15.6. The van der Waals surface area contributed by atoms with Crippen LogP contribution in [0.1, 0.15) is 96.8 Å². The molecule has 0 saturated heterocycles. The lowest BCUT2D eigenvalue weighted by Gasteiger charge is -2.04. The lowest BCUT2D eigenvalue weighted by atomic mass is 10.1. The van der Waals surface area contributed by atoms with Crippen molar-refractivity contribution in [1.82, 2.24) is 0 Å². The van der Waals surface area contributed by atoms with Crippen LogP contribution in [0.15, 0.2) is 12.2 Å². The molecule has 22 heavy (non-hydrogen) atoms. The van der Waals surface area contributed by atoms with E-state index in [1.807, 2.05) is 0 Å². The molecule has 0 rings (SSSR count). The molecule has 0 spiro atoms.